The molecule has 98 valence electrons. The van der Waals surface area contributed by atoms with Gasteiger partial charge in [-0.1, -0.05) is 25.5 Å². The Morgan fingerprint density at radius 2 is 2.06 bits per heavy atom. The van der Waals surface area contributed by atoms with E-state index in [-0.39, 0.29) is 0 Å². The molecule has 17 heavy (non-hydrogen) atoms. The fourth-order valence-electron chi connectivity index (χ4n) is 1.95. The van der Waals surface area contributed by atoms with Crippen LogP contribution in [0.25, 0.3) is 0 Å². The van der Waals surface area contributed by atoms with Gasteiger partial charge in [-0.15, -0.1) is 0 Å². The van der Waals surface area contributed by atoms with Crippen LogP contribution in [-0.2, 0) is 9.53 Å². The van der Waals surface area contributed by atoms with Gasteiger partial charge in [0.1, 0.15) is 0 Å². The molecule has 3 heteroatoms. The molecular formula is C14H25NO2. The van der Waals surface area contributed by atoms with Crippen LogP contribution in [0.2, 0.25) is 0 Å². The molecule has 0 bridgehead atoms. The van der Waals surface area contributed by atoms with Crippen LogP contribution >= 0.6 is 0 Å². The molecule has 0 N–H and O–H groups in total. The molecule has 0 spiro atoms. The Bertz CT molecular complexity index is 232. The molecule has 1 saturated heterocycles. The van der Waals surface area contributed by atoms with Crippen LogP contribution in [0, 0.1) is 0 Å². The van der Waals surface area contributed by atoms with Gasteiger partial charge in [0.2, 0.25) is 5.91 Å². The molecule has 0 aromatic carbocycles. The molecule has 1 amide bonds. The summed E-state index contributed by atoms with van der Waals surface area (Å²) in [4.78, 5) is 13.6. The predicted octanol–water partition coefficient (Wildman–Crippen LogP) is 2.76. The van der Waals surface area contributed by atoms with Crippen molar-refractivity contribution in [3.63, 3.8) is 0 Å². The highest BCUT2D eigenvalue weighted by molar-refractivity contribution is 5.76. The van der Waals surface area contributed by atoms with Gasteiger partial charge in [-0.3, -0.25) is 4.79 Å². The van der Waals surface area contributed by atoms with Crippen molar-refractivity contribution < 1.29 is 9.53 Å². The zero-order valence-corrected chi connectivity index (χ0v) is 11.0. The first-order valence-electron chi connectivity index (χ1n) is 6.85. The first-order chi connectivity index (χ1) is 8.34. The molecule has 0 aliphatic carbocycles. The average Bonchev–Trinajstić information content (AvgIpc) is 2.86. The minimum atomic E-state index is 0.299. The number of likely N-dealkylation sites (tertiary alicyclic amines) is 1. The summed E-state index contributed by atoms with van der Waals surface area (Å²) in [5, 5.41) is 0. The fourth-order valence-corrected chi connectivity index (χ4v) is 1.95. The van der Waals surface area contributed by atoms with Crippen molar-refractivity contribution in [1.29, 1.82) is 0 Å². The number of amides is 1. The maximum atomic E-state index is 11.7. The third kappa shape index (κ3) is 6.47. The SMILES string of the molecule is CCC/C=C/COCCCC(=O)N1CCCC1. The van der Waals surface area contributed by atoms with Crippen molar-refractivity contribution >= 4 is 5.91 Å². The van der Waals surface area contributed by atoms with Crippen molar-refractivity contribution in [3.05, 3.63) is 12.2 Å². The highest BCUT2D eigenvalue weighted by Gasteiger charge is 2.16. The molecule has 1 aliphatic rings. The van der Waals surface area contributed by atoms with E-state index in [0.717, 1.165) is 25.9 Å². The molecule has 0 atom stereocenters. The molecule has 3 nitrogen and oxygen atoms in total. The zero-order valence-electron chi connectivity index (χ0n) is 11.0. The van der Waals surface area contributed by atoms with E-state index in [9.17, 15) is 4.79 Å². The van der Waals surface area contributed by atoms with E-state index in [1.807, 2.05) is 4.90 Å². The summed E-state index contributed by atoms with van der Waals surface area (Å²) in [6, 6.07) is 0. The number of rotatable bonds is 8. The van der Waals surface area contributed by atoms with Gasteiger partial charge in [-0.25, -0.2) is 0 Å². The largest absolute Gasteiger partial charge is 0.377 e. The summed E-state index contributed by atoms with van der Waals surface area (Å²) in [5.74, 6) is 0.299. The number of unbranched alkanes of at least 4 members (excludes halogenated alkanes) is 1. The zero-order chi connectivity index (χ0) is 12.3. The number of allylic oxidation sites excluding steroid dienone is 1. The summed E-state index contributed by atoms with van der Waals surface area (Å²) >= 11 is 0. The second-order valence-electron chi connectivity index (χ2n) is 4.53. The van der Waals surface area contributed by atoms with Crippen LogP contribution in [0.1, 0.15) is 45.4 Å². The van der Waals surface area contributed by atoms with E-state index in [2.05, 4.69) is 19.1 Å². The predicted molar refractivity (Wildman–Crippen MR) is 69.9 cm³/mol. The van der Waals surface area contributed by atoms with Crippen molar-refractivity contribution in [2.75, 3.05) is 26.3 Å². The number of carbonyl (C=O) groups is 1. The monoisotopic (exact) mass is 239 g/mol. The van der Waals surface area contributed by atoms with Gasteiger partial charge in [0.15, 0.2) is 0 Å². The topological polar surface area (TPSA) is 29.5 Å². The van der Waals surface area contributed by atoms with Gasteiger partial charge in [-0.05, 0) is 25.7 Å². The van der Waals surface area contributed by atoms with E-state index in [1.54, 1.807) is 0 Å². The Morgan fingerprint density at radius 1 is 1.29 bits per heavy atom. The van der Waals surface area contributed by atoms with Gasteiger partial charge >= 0.3 is 0 Å². The van der Waals surface area contributed by atoms with Crippen molar-refractivity contribution in [1.82, 2.24) is 4.90 Å². The molecule has 1 fully saturated rings. The van der Waals surface area contributed by atoms with E-state index in [0.29, 0.717) is 25.5 Å². The maximum absolute atomic E-state index is 11.7. The van der Waals surface area contributed by atoms with Crippen LogP contribution in [0.3, 0.4) is 0 Å². The molecule has 0 saturated carbocycles. The first kappa shape index (κ1) is 14.2. The van der Waals surface area contributed by atoms with E-state index >= 15 is 0 Å². The Morgan fingerprint density at radius 3 is 2.76 bits per heavy atom. The van der Waals surface area contributed by atoms with E-state index in [1.165, 1.54) is 19.3 Å². The lowest BCUT2D eigenvalue weighted by Crippen LogP contribution is -2.27. The van der Waals surface area contributed by atoms with Crippen molar-refractivity contribution in [3.8, 4) is 0 Å². The van der Waals surface area contributed by atoms with E-state index < -0.39 is 0 Å². The molecule has 0 radical (unpaired) electrons. The summed E-state index contributed by atoms with van der Waals surface area (Å²) in [5.41, 5.74) is 0. The van der Waals surface area contributed by atoms with Crippen molar-refractivity contribution in [2.45, 2.75) is 45.4 Å². The molecule has 0 aromatic rings. The van der Waals surface area contributed by atoms with Crippen LogP contribution in [0.4, 0.5) is 0 Å². The Labute approximate surface area is 105 Å². The van der Waals surface area contributed by atoms with Gasteiger partial charge < -0.3 is 9.64 Å². The second-order valence-corrected chi connectivity index (χ2v) is 4.53. The summed E-state index contributed by atoms with van der Waals surface area (Å²) in [6.07, 6.45) is 10.3. The van der Waals surface area contributed by atoms with Gasteiger partial charge in [0.25, 0.3) is 0 Å². The maximum Gasteiger partial charge on any atom is 0.222 e. The lowest BCUT2D eigenvalue weighted by molar-refractivity contribution is -0.130. The van der Waals surface area contributed by atoms with Gasteiger partial charge in [0, 0.05) is 26.1 Å². The molecule has 0 aromatic heterocycles. The van der Waals surface area contributed by atoms with E-state index in [4.69, 9.17) is 4.74 Å². The molecule has 1 heterocycles. The summed E-state index contributed by atoms with van der Waals surface area (Å²) in [7, 11) is 0. The van der Waals surface area contributed by atoms with Crippen molar-refractivity contribution in [2.24, 2.45) is 0 Å². The quantitative estimate of drug-likeness (QED) is 0.481. The minimum Gasteiger partial charge on any atom is -0.377 e. The number of hydrogen-bond acceptors (Lipinski definition) is 2. The van der Waals surface area contributed by atoms with Gasteiger partial charge in [0.05, 0.1) is 6.61 Å². The van der Waals surface area contributed by atoms with Crippen LogP contribution in [0.15, 0.2) is 12.2 Å². The number of nitrogens with zero attached hydrogens (tertiary/aromatic N) is 1. The number of ether oxygens (including phenoxy) is 1. The normalized spacial score (nSPS) is 15.9. The summed E-state index contributed by atoms with van der Waals surface area (Å²) < 4.78 is 5.44. The third-order valence-corrected chi connectivity index (χ3v) is 2.97. The molecule has 1 rings (SSSR count). The Balaban J connectivity index is 1.91. The Hall–Kier alpha value is -0.830. The van der Waals surface area contributed by atoms with Gasteiger partial charge in [-0.2, -0.15) is 0 Å². The number of carbonyl (C=O) groups excluding carboxylic acids is 1. The number of hydrogen-bond donors (Lipinski definition) is 0. The first-order valence-corrected chi connectivity index (χ1v) is 6.85. The summed E-state index contributed by atoms with van der Waals surface area (Å²) in [6.45, 7) is 5.45. The standard InChI is InChI=1S/C14H25NO2/c1-2-3-4-7-12-17-13-8-9-14(16)15-10-5-6-11-15/h4,7H,2-3,5-6,8-13H2,1H3/b7-4+. The molecule has 0 unspecified atom stereocenters. The minimum absolute atomic E-state index is 0.299. The lowest BCUT2D eigenvalue weighted by Gasteiger charge is -2.14. The smallest absolute Gasteiger partial charge is 0.222 e. The highest BCUT2D eigenvalue weighted by Crippen LogP contribution is 2.09. The highest BCUT2D eigenvalue weighted by atomic mass is 16.5. The third-order valence-electron chi connectivity index (χ3n) is 2.97. The lowest BCUT2D eigenvalue weighted by atomic mass is 10.3. The van der Waals surface area contributed by atoms with Crippen LogP contribution in [-0.4, -0.2) is 37.1 Å². The molecule has 1 aliphatic heterocycles. The average molecular weight is 239 g/mol. The van der Waals surface area contributed by atoms with Crippen LogP contribution < -0.4 is 0 Å². The second kappa shape index (κ2) is 9.23. The van der Waals surface area contributed by atoms with Crippen LogP contribution in [0.5, 0.6) is 0 Å². The molecular weight excluding hydrogens is 214 g/mol. The fraction of sp³-hybridized carbons (Fsp3) is 0.786. The Kier molecular flexibility index (Phi) is 7.72.